The molecule has 0 aliphatic carbocycles. The first-order valence-corrected chi connectivity index (χ1v) is 9.87. The van der Waals surface area contributed by atoms with Crippen molar-refractivity contribution in [2.24, 2.45) is 0 Å². The van der Waals surface area contributed by atoms with Gasteiger partial charge in [-0.3, -0.25) is 19.4 Å². The molecular weight excluding hydrogens is 390 g/mol. The van der Waals surface area contributed by atoms with Gasteiger partial charge in [-0.15, -0.1) is 0 Å². The summed E-state index contributed by atoms with van der Waals surface area (Å²) in [5.74, 6) is -0.789. The van der Waals surface area contributed by atoms with Gasteiger partial charge < -0.3 is 10.2 Å². The Labute approximate surface area is 175 Å². The molecule has 6 nitrogen and oxygen atoms in total. The van der Waals surface area contributed by atoms with Crippen LogP contribution in [-0.4, -0.2) is 72.8 Å². The summed E-state index contributed by atoms with van der Waals surface area (Å²) in [6.45, 7) is 3.28. The number of amides is 2. The molecule has 0 radical (unpaired) electrons. The molecule has 0 bridgehead atoms. The lowest BCUT2D eigenvalue weighted by molar-refractivity contribution is -0.134. The van der Waals surface area contributed by atoms with Gasteiger partial charge in [0.1, 0.15) is 11.6 Å². The van der Waals surface area contributed by atoms with E-state index in [1.54, 1.807) is 11.0 Å². The van der Waals surface area contributed by atoms with E-state index in [2.05, 4.69) is 5.32 Å². The molecule has 0 saturated carbocycles. The zero-order valence-electron chi connectivity index (χ0n) is 17.0. The van der Waals surface area contributed by atoms with Crippen molar-refractivity contribution in [3.05, 3.63) is 65.7 Å². The van der Waals surface area contributed by atoms with Gasteiger partial charge in [-0.1, -0.05) is 12.1 Å². The summed E-state index contributed by atoms with van der Waals surface area (Å²) in [7, 11) is 1.83. The smallest absolute Gasteiger partial charge is 0.238 e. The quantitative estimate of drug-likeness (QED) is 0.752. The van der Waals surface area contributed by atoms with E-state index in [0.29, 0.717) is 38.4 Å². The number of carbonyl (C=O) groups excluding carboxylic acids is 2. The maximum absolute atomic E-state index is 13.3. The van der Waals surface area contributed by atoms with Crippen LogP contribution < -0.4 is 5.32 Å². The number of hydrogen-bond acceptors (Lipinski definition) is 4. The zero-order chi connectivity index (χ0) is 21.5. The predicted octanol–water partition coefficient (Wildman–Crippen LogP) is 2.18. The molecule has 1 N–H and O–H groups in total. The van der Waals surface area contributed by atoms with Crippen molar-refractivity contribution in [3.63, 3.8) is 0 Å². The lowest BCUT2D eigenvalue weighted by atomic mass is 10.2. The van der Waals surface area contributed by atoms with E-state index >= 15 is 0 Å². The molecule has 2 aromatic rings. The van der Waals surface area contributed by atoms with Crippen LogP contribution in [0.4, 0.5) is 14.5 Å². The maximum atomic E-state index is 13.3. The third-order valence-electron chi connectivity index (χ3n) is 4.97. The molecule has 2 amide bonds. The van der Waals surface area contributed by atoms with Crippen LogP contribution in [-0.2, 0) is 16.1 Å². The van der Waals surface area contributed by atoms with Gasteiger partial charge in [0.2, 0.25) is 11.8 Å². The van der Waals surface area contributed by atoms with E-state index in [-0.39, 0.29) is 36.5 Å². The van der Waals surface area contributed by atoms with Crippen LogP contribution in [0.15, 0.2) is 48.5 Å². The van der Waals surface area contributed by atoms with Gasteiger partial charge in [-0.2, -0.15) is 0 Å². The van der Waals surface area contributed by atoms with Crippen molar-refractivity contribution in [1.29, 1.82) is 0 Å². The van der Waals surface area contributed by atoms with Crippen molar-refractivity contribution in [1.82, 2.24) is 14.7 Å². The number of nitrogens with one attached hydrogen (secondary N) is 1. The third kappa shape index (κ3) is 6.60. The summed E-state index contributed by atoms with van der Waals surface area (Å²) < 4.78 is 26.2. The van der Waals surface area contributed by atoms with Crippen molar-refractivity contribution in [3.8, 4) is 0 Å². The number of anilines is 1. The zero-order valence-corrected chi connectivity index (χ0v) is 17.0. The molecule has 1 heterocycles. The molecule has 0 atom stereocenters. The number of piperazine rings is 1. The Kier molecular flexibility index (Phi) is 7.48. The third-order valence-corrected chi connectivity index (χ3v) is 4.97. The summed E-state index contributed by atoms with van der Waals surface area (Å²) in [5, 5.41) is 2.74. The average Bonchev–Trinajstić information content (AvgIpc) is 2.70. The van der Waals surface area contributed by atoms with E-state index in [0.717, 1.165) is 5.56 Å². The fourth-order valence-electron chi connectivity index (χ4n) is 3.43. The van der Waals surface area contributed by atoms with Crippen LogP contribution in [0.25, 0.3) is 0 Å². The number of likely N-dealkylation sites (N-methyl/N-ethyl adjacent to an activating group) is 1. The Balaban J connectivity index is 1.39. The van der Waals surface area contributed by atoms with Crippen LogP contribution in [0.1, 0.15) is 5.56 Å². The van der Waals surface area contributed by atoms with Crippen LogP contribution in [0.3, 0.4) is 0 Å². The van der Waals surface area contributed by atoms with Crippen LogP contribution >= 0.6 is 0 Å². The summed E-state index contributed by atoms with van der Waals surface area (Å²) in [5.41, 5.74) is 1.37. The standard InChI is InChI=1S/C22H26F2N4O2/c1-26(14-17-3-2-4-19(24)13-17)16-22(30)28-11-9-27(10-12-28)15-21(29)25-20-7-5-18(23)6-8-20/h2-8,13H,9-12,14-16H2,1H3,(H,25,29). The Morgan fingerprint density at radius 3 is 2.37 bits per heavy atom. The second-order valence-electron chi connectivity index (χ2n) is 7.51. The Morgan fingerprint density at radius 2 is 1.70 bits per heavy atom. The summed E-state index contributed by atoms with van der Waals surface area (Å²) in [6, 6.07) is 12.0. The van der Waals surface area contributed by atoms with Gasteiger partial charge in [0.15, 0.2) is 0 Å². The molecule has 0 spiro atoms. The van der Waals surface area contributed by atoms with Crippen LogP contribution in [0.2, 0.25) is 0 Å². The first-order chi connectivity index (χ1) is 14.4. The summed E-state index contributed by atoms with van der Waals surface area (Å²) in [4.78, 5) is 30.3. The molecular formula is C22H26F2N4O2. The molecule has 2 aromatic carbocycles. The lowest BCUT2D eigenvalue weighted by Crippen LogP contribution is -2.52. The molecule has 1 saturated heterocycles. The number of hydrogen-bond donors (Lipinski definition) is 1. The summed E-state index contributed by atoms with van der Waals surface area (Å²) in [6.07, 6.45) is 0. The molecule has 1 aliphatic heterocycles. The van der Waals surface area contributed by atoms with Gasteiger partial charge in [0.05, 0.1) is 13.1 Å². The van der Waals surface area contributed by atoms with E-state index in [1.807, 2.05) is 22.9 Å². The lowest BCUT2D eigenvalue weighted by Gasteiger charge is -2.35. The predicted molar refractivity (Wildman–Crippen MR) is 111 cm³/mol. The molecule has 1 fully saturated rings. The van der Waals surface area contributed by atoms with Crippen molar-refractivity contribution >= 4 is 17.5 Å². The minimum Gasteiger partial charge on any atom is -0.339 e. The monoisotopic (exact) mass is 416 g/mol. The van der Waals surface area contributed by atoms with Gasteiger partial charge in [0.25, 0.3) is 0 Å². The van der Waals surface area contributed by atoms with Gasteiger partial charge >= 0.3 is 0 Å². The highest BCUT2D eigenvalue weighted by Crippen LogP contribution is 2.10. The highest BCUT2D eigenvalue weighted by atomic mass is 19.1. The topological polar surface area (TPSA) is 55.9 Å². The van der Waals surface area contributed by atoms with Crippen molar-refractivity contribution in [2.75, 3.05) is 51.6 Å². The van der Waals surface area contributed by atoms with E-state index < -0.39 is 0 Å². The van der Waals surface area contributed by atoms with Crippen LogP contribution in [0, 0.1) is 11.6 Å². The fraction of sp³-hybridized carbons (Fsp3) is 0.364. The minimum absolute atomic E-state index is 0.0179. The van der Waals surface area contributed by atoms with Crippen molar-refractivity contribution < 1.29 is 18.4 Å². The van der Waals surface area contributed by atoms with E-state index in [4.69, 9.17) is 0 Å². The number of nitrogens with zero attached hydrogens (tertiary/aromatic N) is 3. The highest BCUT2D eigenvalue weighted by Gasteiger charge is 2.23. The van der Waals surface area contributed by atoms with Crippen molar-refractivity contribution in [2.45, 2.75) is 6.54 Å². The highest BCUT2D eigenvalue weighted by molar-refractivity contribution is 5.92. The Bertz CT molecular complexity index is 868. The molecule has 160 valence electrons. The largest absolute Gasteiger partial charge is 0.339 e. The fourth-order valence-corrected chi connectivity index (χ4v) is 3.43. The Hall–Kier alpha value is -2.84. The number of halogens is 2. The SMILES string of the molecule is CN(CC(=O)N1CCN(CC(=O)Nc2ccc(F)cc2)CC1)Cc1cccc(F)c1. The number of rotatable bonds is 7. The Morgan fingerprint density at radius 1 is 1.00 bits per heavy atom. The summed E-state index contributed by atoms with van der Waals surface area (Å²) >= 11 is 0. The van der Waals surface area contributed by atoms with Gasteiger partial charge in [-0.05, 0) is 49.0 Å². The van der Waals surface area contributed by atoms with Crippen LogP contribution in [0.5, 0.6) is 0 Å². The molecule has 3 rings (SSSR count). The molecule has 8 heteroatoms. The molecule has 0 aromatic heterocycles. The van der Waals surface area contributed by atoms with Gasteiger partial charge in [0, 0.05) is 38.4 Å². The second kappa shape index (κ2) is 10.3. The molecule has 30 heavy (non-hydrogen) atoms. The second-order valence-corrected chi connectivity index (χ2v) is 7.51. The number of carbonyl (C=O) groups is 2. The normalized spacial score (nSPS) is 14.7. The van der Waals surface area contributed by atoms with E-state index in [9.17, 15) is 18.4 Å². The molecule has 0 unspecified atom stereocenters. The maximum Gasteiger partial charge on any atom is 0.238 e. The van der Waals surface area contributed by atoms with Gasteiger partial charge in [-0.25, -0.2) is 8.78 Å². The average molecular weight is 416 g/mol. The minimum atomic E-state index is -0.352. The first kappa shape index (κ1) is 21.9. The molecule has 1 aliphatic rings. The van der Waals surface area contributed by atoms with E-state index in [1.165, 1.54) is 36.4 Å². The number of benzene rings is 2. The first-order valence-electron chi connectivity index (χ1n) is 9.87.